The number of aryl methyl sites for hydroxylation is 1. The molecule has 1 N–H and O–H groups in total. The van der Waals surface area contributed by atoms with Gasteiger partial charge in [0.1, 0.15) is 10.0 Å². The molecule has 0 amide bonds. The van der Waals surface area contributed by atoms with Crippen LogP contribution in [0.1, 0.15) is 6.92 Å². The molecule has 2 aromatic heterocycles. The van der Waals surface area contributed by atoms with Crippen LogP contribution in [0.25, 0.3) is 21.8 Å². The minimum Gasteiger partial charge on any atom is -0.341 e. The van der Waals surface area contributed by atoms with Gasteiger partial charge in [0.05, 0.1) is 0 Å². The first-order valence-corrected chi connectivity index (χ1v) is 10.0. The molecular formula is C19H16ClN3O2S. The third-order valence-electron chi connectivity index (χ3n) is 4.35. The van der Waals surface area contributed by atoms with Gasteiger partial charge in [-0.1, -0.05) is 29.8 Å². The number of rotatable bonds is 4. The molecule has 0 saturated heterocycles. The molecule has 7 heteroatoms. The molecule has 0 aliphatic rings. The van der Waals surface area contributed by atoms with Crippen molar-refractivity contribution in [1.29, 1.82) is 0 Å². The number of halogens is 1. The molecule has 0 bridgehead atoms. The molecular weight excluding hydrogens is 370 g/mol. The molecule has 0 aliphatic carbocycles. The number of hydrogen-bond acceptors (Lipinski definition) is 3. The molecule has 4 aromatic rings. The van der Waals surface area contributed by atoms with Gasteiger partial charge in [0.25, 0.3) is 10.0 Å². The Balaban J connectivity index is 1.81. The smallest absolute Gasteiger partial charge is 0.263 e. The molecule has 0 saturated carbocycles. The average Bonchev–Trinajstić information content (AvgIpc) is 2.95. The van der Waals surface area contributed by atoms with Crippen LogP contribution >= 0.6 is 11.6 Å². The summed E-state index contributed by atoms with van der Waals surface area (Å²) in [6, 6.07) is 16.6. The largest absolute Gasteiger partial charge is 0.341 e. The minimum atomic E-state index is -3.73. The fourth-order valence-corrected chi connectivity index (χ4v) is 4.30. The number of para-hydroxylation sites is 1. The van der Waals surface area contributed by atoms with Crippen molar-refractivity contribution in [1.82, 2.24) is 9.55 Å². The van der Waals surface area contributed by atoms with Gasteiger partial charge in [-0.25, -0.2) is 13.4 Å². The number of hydrogen-bond donors (Lipinski definition) is 1. The molecule has 0 aliphatic heterocycles. The Kier molecular flexibility index (Phi) is 4.09. The zero-order valence-electron chi connectivity index (χ0n) is 14.0. The highest BCUT2D eigenvalue weighted by atomic mass is 35.5. The maximum Gasteiger partial charge on any atom is 0.263 e. The Labute approximate surface area is 156 Å². The predicted octanol–water partition coefficient (Wildman–Crippen LogP) is 4.66. The summed E-state index contributed by atoms with van der Waals surface area (Å²) < 4.78 is 30.0. The van der Waals surface area contributed by atoms with E-state index in [1.807, 2.05) is 30.3 Å². The SMILES string of the molecule is CCn1c2ccccc2c2cc(NS(=O)(=O)c3ccc(Cl)nc3)ccc21. The Morgan fingerprint density at radius 3 is 2.54 bits per heavy atom. The first-order valence-electron chi connectivity index (χ1n) is 8.15. The summed E-state index contributed by atoms with van der Waals surface area (Å²) in [7, 11) is -3.73. The van der Waals surface area contributed by atoms with Crippen molar-refractivity contribution in [3.8, 4) is 0 Å². The maximum absolute atomic E-state index is 12.6. The predicted molar refractivity (Wildman–Crippen MR) is 105 cm³/mol. The van der Waals surface area contributed by atoms with Crippen molar-refractivity contribution in [3.05, 3.63) is 65.9 Å². The summed E-state index contributed by atoms with van der Waals surface area (Å²) in [5.74, 6) is 0. The standard InChI is InChI=1S/C19H16ClN3O2S/c1-2-23-17-6-4-3-5-15(17)16-11-13(7-9-18(16)23)22-26(24,25)14-8-10-19(20)21-12-14/h3-12,22H,2H2,1H3. The normalized spacial score (nSPS) is 11.9. The molecule has 5 nitrogen and oxygen atoms in total. The summed E-state index contributed by atoms with van der Waals surface area (Å²) in [6.45, 7) is 2.93. The Morgan fingerprint density at radius 1 is 1.04 bits per heavy atom. The van der Waals surface area contributed by atoms with Crippen LogP contribution in [-0.2, 0) is 16.6 Å². The van der Waals surface area contributed by atoms with Crippen LogP contribution in [0.15, 0.2) is 65.7 Å². The van der Waals surface area contributed by atoms with E-state index in [0.29, 0.717) is 5.69 Å². The van der Waals surface area contributed by atoms with Crippen LogP contribution in [0.4, 0.5) is 5.69 Å². The number of sulfonamides is 1. The van der Waals surface area contributed by atoms with Crippen LogP contribution in [0, 0.1) is 0 Å². The van der Waals surface area contributed by atoms with E-state index in [1.165, 1.54) is 18.3 Å². The van der Waals surface area contributed by atoms with E-state index in [2.05, 4.69) is 27.3 Å². The quantitative estimate of drug-likeness (QED) is 0.519. The van der Waals surface area contributed by atoms with Crippen molar-refractivity contribution < 1.29 is 8.42 Å². The lowest BCUT2D eigenvalue weighted by Gasteiger charge is -2.09. The Bertz CT molecular complexity index is 1210. The number of aromatic nitrogens is 2. The van der Waals surface area contributed by atoms with Gasteiger partial charge in [-0.05, 0) is 43.3 Å². The van der Waals surface area contributed by atoms with Gasteiger partial charge >= 0.3 is 0 Å². The van der Waals surface area contributed by atoms with Crippen LogP contribution in [0.5, 0.6) is 0 Å². The number of nitrogens with one attached hydrogen (secondary N) is 1. The van der Waals surface area contributed by atoms with E-state index in [-0.39, 0.29) is 10.0 Å². The third kappa shape index (κ3) is 2.81. The Morgan fingerprint density at radius 2 is 1.81 bits per heavy atom. The first-order chi connectivity index (χ1) is 12.5. The van der Waals surface area contributed by atoms with Gasteiger partial charge in [-0.3, -0.25) is 4.72 Å². The molecule has 26 heavy (non-hydrogen) atoms. The highest BCUT2D eigenvalue weighted by Crippen LogP contribution is 2.31. The van der Waals surface area contributed by atoms with E-state index < -0.39 is 10.0 Å². The van der Waals surface area contributed by atoms with E-state index >= 15 is 0 Å². The van der Waals surface area contributed by atoms with Gasteiger partial charge in [-0.2, -0.15) is 0 Å². The van der Waals surface area contributed by atoms with E-state index in [9.17, 15) is 8.42 Å². The van der Waals surface area contributed by atoms with Crippen LogP contribution in [0.3, 0.4) is 0 Å². The fraction of sp³-hybridized carbons (Fsp3) is 0.105. The number of benzene rings is 2. The molecule has 4 rings (SSSR count). The van der Waals surface area contributed by atoms with Crippen LogP contribution in [0.2, 0.25) is 5.15 Å². The van der Waals surface area contributed by atoms with E-state index in [4.69, 9.17) is 11.6 Å². The minimum absolute atomic E-state index is 0.0676. The van der Waals surface area contributed by atoms with E-state index in [1.54, 1.807) is 6.07 Å². The fourth-order valence-electron chi connectivity index (χ4n) is 3.19. The second-order valence-electron chi connectivity index (χ2n) is 5.92. The Hall–Kier alpha value is -2.57. The molecule has 0 fully saturated rings. The van der Waals surface area contributed by atoms with E-state index in [0.717, 1.165) is 28.4 Å². The summed E-state index contributed by atoms with van der Waals surface area (Å²) in [5, 5.41) is 2.35. The summed E-state index contributed by atoms with van der Waals surface area (Å²) in [4.78, 5) is 3.90. The van der Waals surface area contributed by atoms with Crippen molar-refractivity contribution in [2.75, 3.05) is 4.72 Å². The summed E-state index contributed by atoms with van der Waals surface area (Å²) in [6.07, 6.45) is 1.24. The second-order valence-corrected chi connectivity index (χ2v) is 7.99. The lowest BCUT2D eigenvalue weighted by molar-refractivity contribution is 0.601. The van der Waals surface area contributed by atoms with Crippen molar-refractivity contribution >= 4 is 49.1 Å². The van der Waals surface area contributed by atoms with Crippen LogP contribution < -0.4 is 4.72 Å². The van der Waals surface area contributed by atoms with Gasteiger partial charge in [0.2, 0.25) is 0 Å². The zero-order valence-corrected chi connectivity index (χ0v) is 15.6. The number of nitrogens with zero attached hydrogens (tertiary/aromatic N) is 2. The molecule has 0 spiro atoms. The highest BCUT2D eigenvalue weighted by Gasteiger charge is 2.16. The van der Waals surface area contributed by atoms with Crippen LogP contribution in [-0.4, -0.2) is 18.0 Å². The third-order valence-corrected chi connectivity index (χ3v) is 5.94. The second kappa shape index (κ2) is 6.30. The topological polar surface area (TPSA) is 64.0 Å². The summed E-state index contributed by atoms with van der Waals surface area (Å²) >= 11 is 5.73. The molecule has 2 heterocycles. The maximum atomic E-state index is 12.6. The lowest BCUT2D eigenvalue weighted by atomic mass is 10.1. The van der Waals surface area contributed by atoms with Crippen molar-refractivity contribution in [2.45, 2.75) is 18.4 Å². The van der Waals surface area contributed by atoms with Gasteiger partial charge in [0, 0.05) is 40.2 Å². The highest BCUT2D eigenvalue weighted by molar-refractivity contribution is 7.92. The van der Waals surface area contributed by atoms with Crippen molar-refractivity contribution in [3.63, 3.8) is 0 Å². The van der Waals surface area contributed by atoms with Gasteiger partial charge in [0.15, 0.2) is 0 Å². The zero-order chi connectivity index (χ0) is 18.3. The lowest BCUT2D eigenvalue weighted by Crippen LogP contribution is -2.13. The molecule has 0 radical (unpaired) electrons. The number of pyridine rings is 1. The molecule has 132 valence electrons. The molecule has 2 aromatic carbocycles. The van der Waals surface area contributed by atoms with Gasteiger partial charge in [-0.15, -0.1) is 0 Å². The molecule has 0 unspecified atom stereocenters. The molecule has 0 atom stereocenters. The average molecular weight is 386 g/mol. The monoisotopic (exact) mass is 385 g/mol. The summed E-state index contributed by atoms with van der Waals surface area (Å²) in [5.41, 5.74) is 2.71. The number of fused-ring (bicyclic) bond motifs is 3. The first kappa shape index (κ1) is 16.9. The van der Waals surface area contributed by atoms with Gasteiger partial charge < -0.3 is 4.57 Å². The number of anilines is 1. The van der Waals surface area contributed by atoms with Crippen molar-refractivity contribution in [2.24, 2.45) is 0 Å².